The Balaban J connectivity index is 1.67. The number of benzene rings is 1. The molecule has 3 aromatic rings. The summed E-state index contributed by atoms with van der Waals surface area (Å²) in [5.74, 6) is -0.0882. The summed E-state index contributed by atoms with van der Waals surface area (Å²) in [6.45, 7) is 0.320. The predicted molar refractivity (Wildman–Crippen MR) is 82.2 cm³/mol. The van der Waals surface area contributed by atoms with Gasteiger partial charge in [0.1, 0.15) is 11.6 Å². The Kier molecular flexibility index (Phi) is 4.42. The predicted octanol–water partition coefficient (Wildman–Crippen LogP) is 4.16. The molecule has 1 N–H and O–H groups in total. The minimum absolute atomic E-state index is 0.116. The van der Waals surface area contributed by atoms with Crippen molar-refractivity contribution in [3.63, 3.8) is 0 Å². The summed E-state index contributed by atoms with van der Waals surface area (Å²) in [5.41, 5.74) is 0.687. The molecular weight excluding hydrogens is 300 g/mol. The molecule has 0 aliphatic heterocycles. The van der Waals surface area contributed by atoms with Crippen LogP contribution >= 0.6 is 0 Å². The lowest BCUT2D eigenvalue weighted by Crippen LogP contribution is -2.02. The molecule has 2 aromatic heterocycles. The molecule has 0 aliphatic carbocycles. The minimum Gasteiger partial charge on any atom is -0.453 e. The van der Waals surface area contributed by atoms with Gasteiger partial charge in [-0.05, 0) is 42.0 Å². The molecule has 1 aromatic carbocycles. The number of aromatic nitrogens is 2. The highest BCUT2D eigenvalue weighted by molar-refractivity contribution is 5.37. The maximum Gasteiger partial charge on any atom is 0.214 e. The standard InChI is InChI=1S/C17H13F2N3O/c18-14-9-12(10-21-17-5-1-4-16(19)22-17)6-7-15(14)23-13-3-2-8-20-11-13/h1-9,11H,10H2,(H,21,22). The highest BCUT2D eigenvalue weighted by Crippen LogP contribution is 2.24. The van der Waals surface area contributed by atoms with Crippen LogP contribution in [0.3, 0.4) is 0 Å². The van der Waals surface area contributed by atoms with E-state index in [1.54, 1.807) is 42.6 Å². The van der Waals surface area contributed by atoms with E-state index in [4.69, 9.17) is 4.74 Å². The Bertz CT molecular complexity index is 797. The van der Waals surface area contributed by atoms with Crippen LogP contribution in [0.1, 0.15) is 5.56 Å². The Morgan fingerprint density at radius 3 is 2.70 bits per heavy atom. The van der Waals surface area contributed by atoms with Crippen molar-refractivity contribution in [3.8, 4) is 11.5 Å². The van der Waals surface area contributed by atoms with Gasteiger partial charge < -0.3 is 10.1 Å². The van der Waals surface area contributed by atoms with Crippen molar-refractivity contribution in [2.45, 2.75) is 6.54 Å². The monoisotopic (exact) mass is 313 g/mol. The van der Waals surface area contributed by atoms with Gasteiger partial charge >= 0.3 is 0 Å². The van der Waals surface area contributed by atoms with E-state index in [0.717, 1.165) is 0 Å². The molecule has 116 valence electrons. The van der Waals surface area contributed by atoms with Gasteiger partial charge in [-0.2, -0.15) is 4.39 Å². The zero-order valence-electron chi connectivity index (χ0n) is 12.0. The maximum absolute atomic E-state index is 14.1. The fourth-order valence-corrected chi connectivity index (χ4v) is 1.97. The lowest BCUT2D eigenvalue weighted by Gasteiger charge is -2.09. The molecule has 4 nitrogen and oxygen atoms in total. The Morgan fingerprint density at radius 1 is 1.04 bits per heavy atom. The van der Waals surface area contributed by atoms with Crippen LogP contribution in [0.5, 0.6) is 11.5 Å². The second kappa shape index (κ2) is 6.83. The second-order valence-electron chi connectivity index (χ2n) is 4.75. The van der Waals surface area contributed by atoms with Crippen LogP contribution in [-0.2, 0) is 6.54 Å². The summed E-state index contributed by atoms with van der Waals surface area (Å²) in [6.07, 6.45) is 3.11. The third-order valence-corrected chi connectivity index (χ3v) is 3.05. The van der Waals surface area contributed by atoms with Gasteiger partial charge in [0.15, 0.2) is 11.6 Å². The van der Waals surface area contributed by atoms with Gasteiger partial charge in [0.2, 0.25) is 5.95 Å². The van der Waals surface area contributed by atoms with E-state index >= 15 is 0 Å². The van der Waals surface area contributed by atoms with Gasteiger partial charge in [0.05, 0.1) is 6.20 Å². The van der Waals surface area contributed by atoms with Crippen LogP contribution in [-0.4, -0.2) is 9.97 Å². The number of hydrogen-bond acceptors (Lipinski definition) is 4. The molecule has 2 heterocycles. The van der Waals surface area contributed by atoms with Crippen LogP contribution in [0.25, 0.3) is 0 Å². The highest BCUT2D eigenvalue weighted by Gasteiger charge is 2.06. The van der Waals surface area contributed by atoms with Gasteiger partial charge in [0, 0.05) is 12.7 Å². The van der Waals surface area contributed by atoms with Crippen LogP contribution in [0.2, 0.25) is 0 Å². The summed E-state index contributed by atoms with van der Waals surface area (Å²) in [5, 5.41) is 2.93. The summed E-state index contributed by atoms with van der Waals surface area (Å²) in [7, 11) is 0. The number of rotatable bonds is 5. The fourth-order valence-electron chi connectivity index (χ4n) is 1.97. The quantitative estimate of drug-likeness (QED) is 0.719. The third-order valence-electron chi connectivity index (χ3n) is 3.05. The molecule has 0 saturated heterocycles. The maximum atomic E-state index is 14.1. The van der Waals surface area contributed by atoms with E-state index in [1.165, 1.54) is 18.3 Å². The average Bonchev–Trinajstić information content (AvgIpc) is 2.56. The van der Waals surface area contributed by atoms with Gasteiger partial charge in [-0.15, -0.1) is 0 Å². The van der Waals surface area contributed by atoms with Crippen molar-refractivity contribution in [1.82, 2.24) is 9.97 Å². The topological polar surface area (TPSA) is 47.0 Å². The molecule has 0 bridgehead atoms. The van der Waals surface area contributed by atoms with Gasteiger partial charge in [-0.3, -0.25) is 4.98 Å². The number of halogens is 2. The van der Waals surface area contributed by atoms with Gasteiger partial charge in [-0.1, -0.05) is 12.1 Å². The molecule has 0 spiro atoms. The summed E-state index contributed by atoms with van der Waals surface area (Å²) in [6, 6.07) is 12.5. The zero-order valence-corrected chi connectivity index (χ0v) is 12.0. The molecular formula is C17H13F2N3O. The number of ether oxygens (including phenoxy) is 1. The average molecular weight is 313 g/mol. The Labute approximate surface area is 131 Å². The van der Waals surface area contributed by atoms with Gasteiger partial charge in [-0.25, -0.2) is 9.37 Å². The van der Waals surface area contributed by atoms with E-state index in [0.29, 0.717) is 23.7 Å². The molecule has 0 fully saturated rings. The molecule has 0 amide bonds. The van der Waals surface area contributed by atoms with Gasteiger partial charge in [0.25, 0.3) is 0 Å². The fraction of sp³-hybridized carbons (Fsp3) is 0.0588. The molecule has 0 radical (unpaired) electrons. The van der Waals surface area contributed by atoms with E-state index in [1.807, 2.05) is 0 Å². The Morgan fingerprint density at radius 2 is 1.96 bits per heavy atom. The van der Waals surface area contributed by atoms with E-state index < -0.39 is 11.8 Å². The summed E-state index contributed by atoms with van der Waals surface area (Å²) >= 11 is 0. The van der Waals surface area contributed by atoms with Crippen LogP contribution < -0.4 is 10.1 Å². The van der Waals surface area contributed by atoms with Crippen LogP contribution in [0.4, 0.5) is 14.6 Å². The first-order valence-electron chi connectivity index (χ1n) is 6.93. The molecule has 0 aliphatic rings. The normalized spacial score (nSPS) is 10.3. The van der Waals surface area contributed by atoms with E-state index in [-0.39, 0.29) is 5.75 Å². The summed E-state index contributed by atoms with van der Waals surface area (Å²) in [4.78, 5) is 7.58. The number of pyridine rings is 2. The SMILES string of the molecule is Fc1cccc(NCc2ccc(Oc3cccnc3)c(F)c2)n1. The number of anilines is 1. The molecule has 0 unspecified atom stereocenters. The number of nitrogens with zero attached hydrogens (tertiary/aromatic N) is 2. The first-order valence-corrected chi connectivity index (χ1v) is 6.93. The molecule has 6 heteroatoms. The first kappa shape index (κ1) is 14.9. The van der Waals surface area contributed by atoms with Crippen molar-refractivity contribution in [2.24, 2.45) is 0 Å². The molecule has 3 rings (SSSR count). The van der Waals surface area contributed by atoms with Crippen LogP contribution in [0.15, 0.2) is 60.9 Å². The molecule has 0 atom stereocenters. The number of nitrogens with one attached hydrogen (secondary N) is 1. The smallest absolute Gasteiger partial charge is 0.214 e. The lowest BCUT2D eigenvalue weighted by molar-refractivity contribution is 0.440. The highest BCUT2D eigenvalue weighted by atomic mass is 19.1. The van der Waals surface area contributed by atoms with Crippen molar-refractivity contribution in [2.75, 3.05) is 5.32 Å². The third kappa shape index (κ3) is 4.00. The second-order valence-corrected chi connectivity index (χ2v) is 4.75. The Hall–Kier alpha value is -3.02. The van der Waals surface area contributed by atoms with E-state index in [9.17, 15) is 8.78 Å². The lowest BCUT2D eigenvalue weighted by atomic mass is 10.2. The van der Waals surface area contributed by atoms with E-state index in [2.05, 4.69) is 15.3 Å². The largest absolute Gasteiger partial charge is 0.453 e. The minimum atomic E-state index is -0.568. The van der Waals surface area contributed by atoms with Crippen LogP contribution in [0, 0.1) is 11.8 Å². The number of hydrogen-bond donors (Lipinski definition) is 1. The molecule has 0 saturated carbocycles. The van der Waals surface area contributed by atoms with Crippen molar-refractivity contribution in [3.05, 3.63) is 78.3 Å². The van der Waals surface area contributed by atoms with Crippen molar-refractivity contribution in [1.29, 1.82) is 0 Å². The summed E-state index contributed by atoms with van der Waals surface area (Å²) < 4.78 is 32.5. The van der Waals surface area contributed by atoms with Crippen molar-refractivity contribution < 1.29 is 13.5 Å². The first-order chi connectivity index (χ1) is 11.2. The molecule has 23 heavy (non-hydrogen) atoms. The zero-order chi connectivity index (χ0) is 16.1. The van der Waals surface area contributed by atoms with Crippen molar-refractivity contribution >= 4 is 5.82 Å².